The molecule has 0 aliphatic heterocycles. The number of ether oxygens (including phenoxy) is 1. The molecule has 0 aliphatic rings. The van der Waals surface area contributed by atoms with E-state index in [2.05, 4.69) is 15.9 Å². The van der Waals surface area contributed by atoms with Crippen LogP contribution in [-0.2, 0) is 15.3 Å². The second kappa shape index (κ2) is 6.57. The fourth-order valence-corrected chi connectivity index (χ4v) is 2.56. The monoisotopic (exact) mass is 334 g/mol. The van der Waals surface area contributed by atoms with Crippen molar-refractivity contribution < 1.29 is 13.9 Å². The Kier molecular flexibility index (Phi) is 5.66. The highest BCUT2D eigenvalue weighted by Gasteiger charge is 2.15. The summed E-state index contributed by atoms with van der Waals surface area (Å²) in [4.78, 5) is 11.5. The number of esters is 1. The fraction of sp³-hybridized carbons (Fsp3) is 0.462. The topological polar surface area (TPSA) is 26.3 Å². The van der Waals surface area contributed by atoms with Crippen LogP contribution in [0, 0.1) is 5.82 Å². The smallest absolute Gasteiger partial charge is 0.316 e. The molecule has 0 N–H and O–H groups in total. The molecule has 0 unspecified atom stereocenters. The minimum Gasteiger partial charge on any atom is -0.459 e. The van der Waals surface area contributed by atoms with Crippen molar-refractivity contribution in [2.45, 2.75) is 32.1 Å². The number of rotatable bonds is 4. The molecule has 1 aromatic carbocycles. The van der Waals surface area contributed by atoms with Gasteiger partial charge in [-0.2, -0.15) is 0 Å². The molecule has 0 bridgehead atoms. The normalized spacial score (nSPS) is 11.4. The van der Waals surface area contributed by atoms with E-state index in [4.69, 9.17) is 4.74 Å². The zero-order valence-corrected chi connectivity index (χ0v) is 13.0. The predicted molar refractivity (Wildman–Crippen MR) is 76.1 cm³/mol. The average molecular weight is 335 g/mol. The van der Waals surface area contributed by atoms with Gasteiger partial charge in [0, 0.05) is 10.2 Å². The zero-order chi connectivity index (χ0) is 13.8. The summed E-state index contributed by atoms with van der Waals surface area (Å²) in [6, 6.07) is 4.71. The van der Waals surface area contributed by atoms with Crippen molar-refractivity contribution in [1.82, 2.24) is 0 Å². The Labute approximate surface area is 119 Å². The fourth-order valence-electron chi connectivity index (χ4n) is 1.32. The van der Waals surface area contributed by atoms with Crippen LogP contribution in [0.2, 0.25) is 0 Å². The third kappa shape index (κ3) is 6.40. The van der Waals surface area contributed by atoms with E-state index in [1.165, 1.54) is 23.9 Å². The molecule has 0 spiro atoms. The van der Waals surface area contributed by atoms with E-state index in [1.807, 2.05) is 26.8 Å². The number of thioether (sulfide) groups is 1. The Morgan fingerprint density at radius 2 is 2.06 bits per heavy atom. The maximum atomic E-state index is 13.1. The second-order valence-corrected chi connectivity index (χ2v) is 6.76. The van der Waals surface area contributed by atoms with Crippen LogP contribution >= 0.6 is 27.7 Å². The third-order valence-electron chi connectivity index (χ3n) is 1.83. The van der Waals surface area contributed by atoms with Gasteiger partial charge in [0.15, 0.2) is 0 Å². The summed E-state index contributed by atoms with van der Waals surface area (Å²) in [6.45, 7) is 5.50. The molecule has 2 nitrogen and oxygen atoms in total. The number of halogens is 2. The van der Waals surface area contributed by atoms with Crippen molar-refractivity contribution in [3.05, 3.63) is 34.1 Å². The molecule has 100 valence electrons. The van der Waals surface area contributed by atoms with Gasteiger partial charge in [-0.1, -0.05) is 15.9 Å². The lowest BCUT2D eigenvalue weighted by Crippen LogP contribution is -2.24. The van der Waals surface area contributed by atoms with E-state index in [1.54, 1.807) is 0 Å². The summed E-state index contributed by atoms with van der Waals surface area (Å²) in [6.07, 6.45) is 0. The molecule has 0 aromatic heterocycles. The molecular weight excluding hydrogens is 319 g/mol. The summed E-state index contributed by atoms with van der Waals surface area (Å²) in [5.41, 5.74) is 0.384. The first kappa shape index (κ1) is 15.5. The molecule has 0 atom stereocenters. The van der Waals surface area contributed by atoms with Crippen molar-refractivity contribution in [3.63, 3.8) is 0 Å². The lowest BCUT2D eigenvalue weighted by molar-refractivity contribution is -0.151. The summed E-state index contributed by atoms with van der Waals surface area (Å²) in [7, 11) is 0. The van der Waals surface area contributed by atoms with Gasteiger partial charge in [-0.05, 0) is 44.5 Å². The molecule has 0 radical (unpaired) electrons. The van der Waals surface area contributed by atoms with Crippen molar-refractivity contribution in [2.75, 3.05) is 5.75 Å². The summed E-state index contributed by atoms with van der Waals surface area (Å²) >= 11 is 4.64. The van der Waals surface area contributed by atoms with Gasteiger partial charge in [0.1, 0.15) is 11.4 Å². The Morgan fingerprint density at radius 1 is 1.39 bits per heavy atom. The van der Waals surface area contributed by atoms with Gasteiger partial charge < -0.3 is 4.74 Å². The first-order valence-corrected chi connectivity index (χ1v) is 7.45. The van der Waals surface area contributed by atoms with Crippen LogP contribution in [0.3, 0.4) is 0 Å². The molecule has 0 fully saturated rings. The zero-order valence-electron chi connectivity index (χ0n) is 10.6. The van der Waals surface area contributed by atoms with Gasteiger partial charge in [0.2, 0.25) is 0 Å². The average Bonchev–Trinajstić information content (AvgIpc) is 2.12. The van der Waals surface area contributed by atoms with E-state index in [0.717, 1.165) is 5.56 Å². The van der Waals surface area contributed by atoms with E-state index < -0.39 is 5.60 Å². The molecule has 1 aromatic rings. The summed E-state index contributed by atoms with van der Waals surface area (Å²) in [5.74, 6) is 0.321. The van der Waals surface area contributed by atoms with Crippen LogP contribution in [0.1, 0.15) is 26.3 Å². The quantitative estimate of drug-likeness (QED) is 0.773. The number of carbonyl (C=O) groups excluding carboxylic acids is 1. The predicted octanol–water partition coefficient (Wildman–Crippen LogP) is 4.16. The molecule has 0 heterocycles. The van der Waals surface area contributed by atoms with Crippen LogP contribution in [0.25, 0.3) is 0 Å². The van der Waals surface area contributed by atoms with Crippen LogP contribution in [0.4, 0.5) is 4.39 Å². The van der Waals surface area contributed by atoms with E-state index in [-0.39, 0.29) is 17.5 Å². The molecule has 18 heavy (non-hydrogen) atoms. The van der Waals surface area contributed by atoms with Crippen molar-refractivity contribution >= 4 is 33.7 Å². The second-order valence-electron chi connectivity index (χ2n) is 4.86. The molecule has 0 amide bonds. The van der Waals surface area contributed by atoms with Crippen LogP contribution in [0.5, 0.6) is 0 Å². The van der Waals surface area contributed by atoms with Crippen molar-refractivity contribution in [2.24, 2.45) is 0 Å². The van der Waals surface area contributed by atoms with E-state index >= 15 is 0 Å². The maximum Gasteiger partial charge on any atom is 0.316 e. The molecule has 0 saturated carbocycles. The molecule has 0 aliphatic carbocycles. The Balaban J connectivity index is 2.40. The van der Waals surface area contributed by atoms with Crippen LogP contribution < -0.4 is 0 Å². The number of hydrogen-bond donors (Lipinski definition) is 0. The molecule has 5 heteroatoms. The molecular formula is C13H16BrFO2S. The van der Waals surface area contributed by atoms with E-state index in [0.29, 0.717) is 10.2 Å². The Morgan fingerprint density at radius 3 is 2.61 bits per heavy atom. The standard InChI is InChI=1S/C13H16BrFO2S/c1-13(2,3)17-12(16)8-18-7-9-4-10(14)6-11(15)5-9/h4-6H,7-8H2,1-3H3. The minimum atomic E-state index is -0.459. The van der Waals surface area contributed by atoms with Gasteiger partial charge >= 0.3 is 5.97 Å². The Bertz CT molecular complexity index is 409. The van der Waals surface area contributed by atoms with Crippen LogP contribution in [0.15, 0.2) is 22.7 Å². The number of hydrogen-bond acceptors (Lipinski definition) is 3. The molecule has 1 rings (SSSR count). The van der Waals surface area contributed by atoms with E-state index in [9.17, 15) is 9.18 Å². The largest absolute Gasteiger partial charge is 0.459 e. The SMILES string of the molecule is CC(C)(C)OC(=O)CSCc1cc(F)cc(Br)c1. The number of benzene rings is 1. The lowest BCUT2D eigenvalue weighted by Gasteiger charge is -2.19. The lowest BCUT2D eigenvalue weighted by atomic mass is 10.2. The first-order chi connectivity index (χ1) is 8.26. The maximum absolute atomic E-state index is 13.1. The first-order valence-electron chi connectivity index (χ1n) is 5.51. The summed E-state index contributed by atoms with van der Waals surface area (Å²) < 4.78 is 19.0. The Hall–Kier alpha value is -0.550. The van der Waals surface area contributed by atoms with Crippen molar-refractivity contribution in [1.29, 1.82) is 0 Å². The van der Waals surface area contributed by atoms with Gasteiger partial charge in [0.25, 0.3) is 0 Å². The van der Waals surface area contributed by atoms with Gasteiger partial charge in [0.05, 0.1) is 5.75 Å². The third-order valence-corrected chi connectivity index (χ3v) is 3.27. The minimum absolute atomic E-state index is 0.247. The van der Waals surface area contributed by atoms with Gasteiger partial charge in [-0.15, -0.1) is 11.8 Å². The van der Waals surface area contributed by atoms with Crippen LogP contribution in [-0.4, -0.2) is 17.3 Å². The summed E-state index contributed by atoms with van der Waals surface area (Å²) in [5, 5.41) is 0. The van der Waals surface area contributed by atoms with Crippen molar-refractivity contribution in [3.8, 4) is 0 Å². The molecule has 0 saturated heterocycles. The highest BCUT2D eigenvalue weighted by molar-refractivity contribution is 9.10. The van der Waals surface area contributed by atoms with Gasteiger partial charge in [-0.3, -0.25) is 4.79 Å². The highest BCUT2D eigenvalue weighted by Crippen LogP contribution is 2.19. The number of carbonyl (C=O) groups is 1. The highest BCUT2D eigenvalue weighted by atomic mass is 79.9. The van der Waals surface area contributed by atoms with Gasteiger partial charge in [-0.25, -0.2) is 4.39 Å².